The molecule has 3 atom stereocenters. The van der Waals surface area contributed by atoms with Gasteiger partial charge in [0.1, 0.15) is 6.04 Å². The predicted octanol–water partition coefficient (Wildman–Crippen LogP) is 3.13. The first-order valence-corrected chi connectivity index (χ1v) is 9.20. The lowest BCUT2D eigenvalue weighted by Crippen LogP contribution is -2.53. The second-order valence-corrected chi connectivity index (χ2v) is 7.38. The fraction of sp³-hybridized carbons (Fsp3) is 0.429. The standard InChI is InChI=1S/C21H26N2O3/c1-15-11-16(2)14-23(13-15)21(25)18(12-17-7-4-3-5-8-17)22-20(24)19-9-6-10-26-19/h3-10,15-16,18H,11-14H2,1-2H3,(H,22,24)/t15-,16-,18+/m1/s1. The maximum atomic E-state index is 13.2. The minimum Gasteiger partial charge on any atom is -0.459 e. The molecule has 1 saturated heterocycles. The van der Waals surface area contributed by atoms with Gasteiger partial charge in [-0.2, -0.15) is 0 Å². The van der Waals surface area contributed by atoms with E-state index in [0.29, 0.717) is 18.3 Å². The number of piperidine rings is 1. The van der Waals surface area contributed by atoms with Gasteiger partial charge in [-0.3, -0.25) is 9.59 Å². The van der Waals surface area contributed by atoms with Crippen molar-refractivity contribution in [2.24, 2.45) is 11.8 Å². The third-order valence-electron chi connectivity index (χ3n) is 4.81. The first-order valence-electron chi connectivity index (χ1n) is 9.20. The summed E-state index contributed by atoms with van der Waals surface area (Å²) in [7, 11) is 0. The molecular weight excluding hydrogens is 328 g/mol. The molecule has 1 aliphatic heterocycles. The molecule has 2 heterocycles. The Kier molecular flexibility index (Phi) is 5.76. The SMILES string of the molecule is C[C@@H]1C[C@@H](C)CN(C(=O)[C@H](Cc2ccccc2)NC(=O)c2ccco2)C1. The smallest absolute Gasteiger partial charge is 0.287 e. The highest BCUT2D eigenvalue weighted by Crippen LogP contribution is 2.22. The van der Waals surface area contributed by atoms with Gasteiger partial charge in [-0.05, 0) is 36.0 Å². The number of carbonyl (C=O) groups excluding carboxylic acids is 2. The van der Waals surface area contributed by atoms with Gasteiger partial charge >= 0.3 is 0 Å². The van der Waals surface area contributed by atoms with Crippen molar-refractivity contribution in [3.63, 3.8) is 0 Å². The Hall–Kier alpha value is -2.56. The van der Waals surface area contributed by atoms with Crippen molar-refractivity contribution in [3.05, 3.63) is 60.1 Å². The number of likely N-dealkylation sites (tertiary alicyclic amines) is 1. The van der Waals surface area contributed by atoms with Gasteiger partial charge in [0.05, 0.1) is 6.26 Å². The van der Waals surface area contributed by atoms with Crippen LogP contribution in [0.2, 0.25) is 0 Å². The molecule has 0 unspecified atom stereocenters. The molecule has 2 aromatic rings. The van der Waals surface area contributed by atoms with E-state index in [2.05, 4.69) is 19.2 Å². The van der Waals surface area contributed by atoms with Crippen LogP contribution in [0.1, 0.15) is 36.4 Å². The van der Waals surface area contributed by atoms with E-state index in [-0.39, 0.29) is 17.6 Å². The van der Waals surface area contributed by atoms with Crippen LogP contribution in [-0.2, 0) is 11.2 Å². The van der Waals surface area contributed by atoms with Crippen LogP contribution in [0.25, 0.3) is 0 Å². The van der Waals surface area contributed by atoms with Crippen molar-refractivity contribution in [2.75, 3.05) is 13.1 Å². The molecule has 0 aliphatic carbocycles. The third kappa shape index (κ3) is 4.54. The highest BCUT2D eigenvalue weighted by Gasteiger charge is 2.31. The van der Waals surface area contributed by atoms with Crippen molar-refractivity contribution < 1.29 is 14.0 Å². The topological polar surface area (TPSA) is 62.6 Å². The summed E-state index contributed by atoms with van der Waals surface area (Å²) < 4.78 is 5.17. The molecule has 0 spiro atoms. The Morgan fingerprint density at radius 2 is 1.81 bits per heavy atom. The van der Waals surface area contributed by atoms with E-state index in [1.54, 1.807) is 12.1 Å². The van der Waals surface area contributed by atoms with Crippen LogP contribution >= 0.6 is 0 Å². The molecule has 5 heteroatoms. The van der Waals surface area contributed by atoms with Gasteiger partial charge in [-0.25, -0.2) is 0 Å². The zero-order chi connectivity index (χ0) is 18.5. The first kappa shape index (κ1) is 18.2. The predicted molar refractivity (Wildman–Crippen MR) is 99.6 cm³/mol. The molecule has 0 bridgehead atoms. The van der Waals surface area contributed by atoms with E-state index in [1.807, 2.05) is 35.2 Å². The number of benzene rings is 1. The van der Waals surface area contributed by atoms with Gasteiger partial charge in [0.2, 0.25) is 5.91 Å². The minimum atomic E-state index is -0.604. The Bertz CT molecular complexity index is 717. The maximum Gasteiger partial charge on any atom is 0.287 e. The lowest BCUT2D eigenvalue weighted by atomic mass is 9.91. The monoisotopic (exact) mass is 354 g/mol. The molecule has 0 saturated carbocycles. The van der Waals surface area contributed by atoms with E-state index in [1.165, 1.54) is 6.26 Å². The van der Waals surface area contributed by atoms with Gasteiger partial charge in [0.25, 0.3) is 5.91 Å². The molecule has 1 fully saturated rings. The zero-order valence-corrected chi connectivity index (χ0v) is 15.4. The number of hydrogen-bond donors (Lipinski definition) is 1. The van der Waals surface area contributed by atoms with Gasteiger partial charge < -0.3 is 14.6 Å². The summed E-state index contributed by atoms with van der Waals surface area (Å²) in [6, 6.07) is 12.4. The fourth-order valence-corrected chi connectivity index (χ4v) is 3.75. The lowest BCUT2D eigenvalue weighted by molar-refractivity contribution is -0.135. The molecule has 1 aromatic heterocycles. The van der Waals surface area contributed by atoms with Gasteiger partial charge in [-0.15, -0.1) is 0 Å². The number of amides is 2. The molecule has 3 rings (SSSR count). The maximum absolute atomic E-state index is 13.2. The van der Waals surface area contributed by atoms with E-state index in [9.17, 15) is 9.59 Å². The molecule has 138 valence electrons. The summed E-state index contributed by atoms with van der Waals surface area (Å²) in [6.45, 7) is 5.82. The number of hydrogen-bond acceptors (Lipinski definition) is 3. The fourth-order valence-electron chi connectivity index (χ4n) is 3.75. The normalized spacial score (nSPS) is 21.2. The van der Waals surface area contributed by atoms with E-state index in [0.717, 1.165) is 25.1 Å². The van der Waals surface area contributed by atoms with Crippen LogP contribution in [0, 0.1) is 11.8 Å². The third-order valence-corrected chi connectivity index (χ3v) is 4.81. The number of nitrogens with one attached hydrogen (secondary N) is 1. The van der Waals surface area contributed by atoms with Gasteiger partial charge in [0.15, 0.2) is 5.76 Å². The summed E-state index contributed by atoms with van der Waals surface area (Å²) in [5.74, 6) is 0.785. The van der Waals surface area contributed by atoms with Crippen molar-refractivity contribution in [1.82, 2.24) is 10.2 Å². The van der Waals surface area contributed by atoms with Crippen LogP contribution in [0.4, 0.5) is 0 Å². The van der Waals surface area contributed by atoms with E-state index >= 15 is 0 Å². The Morgan fingerprint density at radius 3 is 2.42 bits per heavy atom. The summed E-state index contributed by atoms with van der Waals surface area (Å²) in [4.78, 5) is 27.5. The summed E-state index contributed by atoms with van der Waals surface area (Å²) in [5.41, 5.74) is 1.02. The lowest BCUT2D eigenvalue weighted by Gasteiger charge is -2.37. The minimum absolute atomic E-state index is 0.0211. The molecule has 0 radical (unpaired) electrons. The summed E-state index contributed by atoms with van der Waals surface area (Å²) >= 11 is 0. The summed E-state index contributed by atoms with van der Waals surface area (Å²) in [6.07, 6.45) is 3.05. The zero-order valence-electron chi connectivity index (χ0n) is 15.4. The van der Waals surface area contributed by atoms with Crippen LogP contribution in [0.3, 0.4) is 0 Å². The molecule has 1 N–H and O–H groups in total. The molecule has 26 heavy (non-hydrogen) atoms. The number of carbonyl (C=O) groups is 2. The van der Waals surface area contributed by atoms with Crippen molar-refractivity contribution in [3.8, 4) is 0 Å². The van der Waals surface area contributed by atoms with Crippen molar-refractivity contribution in [1.29, 1.82) is 0 Å². The molecule has 1 aliphatic rings. The largest absolute Gasteiger partial charge is 0.459 e. The average Bonchev–Trinajstić information content (AvgIpc) is 3.15. The van der Waals surface area contributed by atoms with Crippen molar-refractivity contribution >= 4 is 11.8 Å². The summed E-state index contributed by atoms with van der Waals surface area (Å²) in [5, 5.41) is 2.87. The van der Waals surface area contributed by atoms with Gasteiger partial charge in [0, 0.05) is 19.5 Å². The molecule has 1 aromatic carbocycles. The molecular formula is C21H26N2O3. The highest BCUT2D eigenvalue weighted by atomic mass is 16.3. The Labute approximate surface area is 154 Å². The number of nitrogens with zero attached hydrogens (tertiary/aromatic N) is 1. The number of rotatable bonds is 5. The van der Waals surface area contributed by atoms with E-state index < -0.39 is 6.04 Å². The second-order valence-electron chi connectivity index (χ2n) is 7.38. The highest BCUT2D eigenvalue weighted by molar-refractivity contribution is 5.95. The van der Waals surface area contributed by atoms with E-state index in [4.69, 9.17) is 4.42 Å². The second kappa shape index (κ2) is 8.21. The van der Waals surface area contributed by atoms with Crippen LogP contribution < -0.4 is 5.32 Å². The Morgan fingerprint density at radius 1 is 1.12 bits per heavy atom. The average molecular weight is 354 g/mol. The number of furan rings is 1. The van der Waals surface area contributed by atoms with Crippen molar-refractivity contribution in [2.45, 2.75) is 32.7 Å². The quantitative estimate of drug-likeness (QED) is 0.897. The first-order chi connectivity index (χ1) is 12.5. The van der Waals surface area contributed by atoms with Crippen LogP contribution in [0.5, 0.6) is 0 Å². The Balaban J connectivity index is 1.77. The van der Waals surface area contributed by atoms with Crippen LogP contribution in [0.15, 0.2) is 53.1 Å². The molecule has 5 nitrogen and oxygen atoms in total. The molecule has 2 amide bonds. The van der Waals surface area contributed by atoms with Gasteiger partial charge in [-0.1, -0.05) is 44.2 Å². The van der Waals surface area contributed by atoms with Crippen LogP contribution in [-0.4, -0.2) is 35.8 Å².